The Bertz CT molecular complexity index is 329. The van der Waals surface area contributed by atoms with Crippen LogP contribution in [0.3, 0.4) is 0 Å². The van der Waals surface area contributed by atoms with Gasteiger partial charge in [-0.25, -0.2) is 0 Å². The maximum absolute atomic E-state index is 4.17. The first-order valence-electron chi connectivity index (χ1n) is 4.09. The fourth-order valence-corrected chi connectivity index (χ4v) is 1.05. The van der Waals surface area contributed by atoms with Gasteiger partial charge in [-0.15, -0.1) is 0 Å². The summed E-state index contributed by atoms with van der Waals surface area (Å²) in [6, 6.07) is 5.78. The molecule has 0 aliphatic heterocycles. The standard InChI is InChI=1S/C10H13N3/c1-4-13-9-6-5-8(11-2)7-10(9)12-3/h4-7,11H,3H2,1-2H3. The van der Waals surface area contributed by atoms with Crippen LogP contribution in [-0.2, 0) is 0 Å². The van der Waals surface area contributed by atoms with E-state index in [-0.39, 0.29) is 0 Å². The molecule has 0 radical (unpaired) electrons. The molecule has 0 amide bonds. The molecule has 0 atom stereocenters. The first-order valence-corrected chi connectivity index (χ1v) is 4.09. The first kappa shape index (κ1) is 9.45. The van der Waals surface area contributed by atoms with Crippen LogP contribution in [0.15, 0.2) is 28.2 Å². The van der Waals surface area contributed by atoms with Crippen molar-refractivity contribution in [1.82, 2.24) is 0 Å². The van der Waals surface area contributed by atoms with Crippen molar-refractivity contribution < 1.29 is 0 Å². The fraction of sp³-hybridized carbons (Fsp3) is 0.200. The summed E-state index contributed by atoms with van der Waals surface area (Å²) in [5.74, 6) is 0. The van der Waals surface area contributed by atoms with Crippen molar-refractivity contribution in [2.45, 2.75) is 6.92 Å². The average molecular weight is 175 g/mol. The Morgan fingerprint density at radius 2 is 2.15 bits per heavy atom. The van der Waals surface area contributed by atoms with E-state index in [1.807, 2.05) is 32.2 Å². The molecule has 0 aliphatic carbocycles. The molecule has 1 N–H and O–H groups in total. The topological polar surface area (TPSA) is 36.8 Å². The van der Waals surface area contributed by atoms with Gasteiger partial charge in [-0.2, -0.15) is 0 Å². The van der Waals surface area contributed by atoms with E-state index in [2.05, 4.69) is 22.0 Å². The van der Waals surface area contributed by atoms with Crippen molar-refractivity contribution in [2.24, 2.45) is 9.98 Å². The maximum Gasteiger partial charge on any atom is 0.0899 e. The van der Waals surface area contributed by atoms with Gasteiger partial charge >= 0.3 is 0 Å². The van der Waals surface area contributed by atoms with Gasteiger partial charge in [-0.3, -0.25) is 9.98 Å². The molecule has 13 heavy (non-hydrogen) atoms. The predicted octanol–water partition coefficient (Wildman–Crippen LogP) is 2.78. The van der Waals surface area contributed by atoms with E-state index in [1.54, 1.807) is 6.21 Å². The Morgan fingerprint density at radius 1 is 1.38 bits per heavy atom. The van der Waals surface area contributed by atoms with Gasteiger partial charge in [-0.1, -0.05) is 0 Å². The largest absolute Gasteiger partial charge is 0.388 e. The number of hydrogen-bond donors (Lipinski definition) is 1. The molecular formula is C10H13N3. The van der Waals surface area contributed by atoms with Gasteiger partial charge in [0.2, 0.25) is 0 Å². The molecule has 0 fully saturated rings. The monoisotopic (exact) mass is 175 g/mol. The van der Waals surface area contributed by atoms with Gasteiger partial charge in [0.05, 0.1) is 11.4 Å². The summed E-state index contributed by atoms with van der Waals surface area (Å²) in [5.41, 5.74) is 2.65. The van der Waals surface area contributed by atoms with Crippen LogP contribution < -0.4 is 5.32 Å². The van der Waals surface area contributed by atoms with Gasteiger partial charge < -0.3 is 5.32 Å². The second-order valence-corrected chi connectivity index (χ2v) is 2.50. The third kappa shape index (κ3) is 2.15. The molecule has 0 spiro atoms. The molecule has 0 saturated heterocycles. The number of nitrogens with one attached hydrogen (secondary N) is 1. The highest BCUT2D eigenvalue weighted by atomic mass is 14.8. The minimum atomic E-state index is 0.796. The summed E-state index contributed by atoms with van der Waals surface area (Å²) in [5, 5.41) is 3.03. The van der Waals surface area contributed by atoms with Crippen LogP contribution in [0.4, 0.5) is 17.1 Å². The Labute approximate surface area is 78.2 Å². The van der Waals surface area contributed by atoms with Crippen molar-refractivity contribution in [3.05, 3.63) is 18.2 Å². The summed E-state index contributed by atoms with van der Waals surface area (Å²) in [4.78, 5) is 8.06. The van der Waals surface area contributed by atoms with E-state index in [1.165, 1.54) is 0 Å². The van der Waals surface area contributed by atoms with Crippen molar-refractivity contribution in [1.29, 1.82) is 0 Å². The molecule has 68 valence electrons. The lowest BCUT2D eigenvalue weighted by Gasteiger charge is -2.03. The number of aliphatic imine (C=N–C) groups is 2. The van der Waals surface area contributed by atoms with Crippen molar-refractivity contribution in [3.8, 4) is 0 Å². The van der Waals surface area contributed by atoms with Gasteiger partial charge in [0.1, 0.15) is 0 Å². The highest BCUT2D eigenvalue weighted by Gasteiger charge is 1.98. The van der Waals surface area contributed by atoms with Gasteiger partial charge in [0.25, 0.3) is 0 Å². The van der Waals surface area contributed by atoms with Gasteiger partial charge in [-0.05, 0) is 31.8 Å². The van der Waals surface area contributed by atoms with Gasteiger partial charge in [0.15, 0.2) is 0 Å². The van der Waals surface area contributed by atoms with Crippen molar-refractivity contribution >= 4 is 30.0 Å². The molecular weight excluding hydrogens is 162 g/mol. The maximum atomic E-state index is 4.17. The SMILES string of the molecule is C=Nc1cc(NC)ccc1N=CC. The summed E-state index contributed by atoms with van der Waals surface area (Å²) < 4.78 is 0. The van der Waals surface area contributed by atoms with E-state index >= 15 is 0 Å². The molecule has 0 aromatic heterocycles. The van der Waals surface area contributed by atoms with Crippen LogP contribution >= 0.6 is 0 Å². The Balaban J connectivity index is 3.15. The van der Waals surface area contributed by atoms with Gasteiger partial charge in [0, 0.05) is 18.9 Å². The lowest BCUT2D eigenvalue weighted by Crippen LogP contribution is -1.86. The van der Waals surface area contributed by atoms with Crippen molar-refractivity contribution in [3.63, 3.8) is 0 Å². The summed E-state index contributed by atoms with van der Waals surface area (Å²) in [7, 11) is 1.87. The third-order valence-electron chi connectivity index (χ3n) is 1.70. The molecule has 0 unspecified atom stereocenters. The second kappa shape index (κ2) is 4.40. The molecule has 1 aromatic carbocycles. The molecule has 1 rings (SSSR count). The number of rotatable bonds is 3. The van der Waals surface area contributed by atoms with Crippen LogP contribution in [0, 0.1) is 0 Å². The average Bonchev–Trinajstić information content (AvgIpc) is 2.19. The molecule has 0 saturated carbocycles. The first-order chi connectivity index (χ1) is 6.31. The normalized spacial score (nSPS) is 10.3. The predicted molar refractivity (Wildman–Crippen MR) is 59.0 cm³/mol. The molecule has 3 nitrogen and oxygen atoms in total. The van der Waals surface area contributed by atoms with E-state index in [0.29, 0.717) is 0 Å². The number of hydrogen-bond acceptors (Lipinski definition) is 3. The molecule has 0 heterocycles. The summed E-state index contributed by atoms with van der Waals surface area (Å²) in [6.07, 6.45) is 1.74. The number of anilines is 1. The number of benzene rings is 1. The van der Waals surface area contributed by atoms with E-state index in [9.17, 15) is 0 Å². The van der Waals surface area contributed by atoms with Crippen LogP contribution in [-0.4, -0.2) is 20.0 Å². The number of nitrogens with zero attached hydrogens (tertiary/aromatic N) is 2. The fourth-order valence-electron chi connectivity index (χ4n) is 1.05. The van der Waals surface area contributed by atoms with Crippen LogP contribution in [0.1, 0.15) is 6.92 Å². The molecule has 3 heteroatoms. The Kier molecular flexibility index (Phi) is 3.20. The van der Waals surface area contributed by atoms with Crippen LogP contribution in [0.25, 0.3) is 0 Å². The van der Waals surface area contributed by atoms with E-state index < -0.39 is 0 Å². The smallest absolute Gasteiger partial charge is 0.0899 e. The highest BCUT2D eigenvalue weighted by Crippen LogP contribution is 2.29. The van der Waals surface area contributed by atoms with Crippen LogP contribution in [0.5, 0.6) is 0 Å². The zero-order valence-electron chi connectivity index (χ0n) is 7.91. The van der Waals surface area contributed by atoms with Crippen LogP contribution in [0.2, 0.25) is 0 Å². The highest BCUT2D eigenvalue weighted by molar-refractivity contribution is 5.74. The molecule has 1 aromatic rings. The Morgan fingerprint density at radius 3 is 2.69 bits per heavy atom. The minimum absolute atomic E-state index is 0.796. The summed E-state index contributed by atoms with van der Waals surface area (Å²) in [6.45, 7) is 5.37. The zero-order chi connectivity index (χ0) is 9.68. The quantitative estimate of drug-likeness (QED) is 0.704. The third-order valence-corrected chi connectivity index (χ3v) is 1.70. The lowest BCUT2D eigenvalue weighted by atomic mass is 10.2. The summed E-state index contributed by atoms with van der Waals surface area (Å²) >= 11 is 0. The molecule has 0 bridgehead atoms. The Hall–Kier alpha value is -1.64. The van der Waals surface area contributed by atoms with E-state index in [0.717, 1.165) is 17.1 Å². The molecule has 0 aliphatic rings. The van der Waals surface area contributed by atoms with Crippen molar-refractivity contribution in [2.75, 3.05) is 12.4 Å². The second-order valence-electron chi connectivity index (χ2n) is 2.50. The van der Waals surface area contributed by atoms with E-state index in [4.69, 9.17) is 0 Å². The lowest BCUT2D eigenvalue weighted by molar-refractivity contribution is 1.43. The zero-order valence-corrected chi connectivity index (χ0v) is 7.91. The minimum Gasteiger partial charge on any atom is -0.388 e.